The van der Waals surface area contributed by atoms with Crippen LogP contribution in [0.25, 0.3) is 0 Å². The van der Waals surface area contributed by atoms with Crippen molar-refractivity contribution in [2.24, 2.45) is 5.92 Å². The number of anilines is 1. The Morgan fingerprint density at radius 3 is 2.53 bits per heavy atom. The third-order valence-corrected chi connectivity index (χ3v) is 2.88. The minimum atomic E-state index is -1.05. The van der Waals surface area contributed by atoms with Crippen LogP contribution < -0.4 is 5.32 Å². The number of hydrogen-bond donors (Lipinski definition) is 2. The van der Waals surface area contributed by atoms with Gasteiger partial charge in [-0.3, -0.25) is 4.79 Å². The van der Waals surface area contributed by atoms with Crippen molar-refractivity contribution < 1.29 is 9.90 Å². The molecule has 0 heterocycles. The van der Waals surface area contributed by atoms with E-state index in [-0.39, 0.29) is 5.92 Å². The third kappa shape index (κ3) is 3.71. The Kier molecular flexibility index (Phi) is 4.91. The maximum absolute atomic E-state index is 11.8. The lowest BCUT2D eigenvalue weighted by Crippen LogP contribution is -2.33. The van der Waals surface area contributed by atoms with Crippen LogP contribution in [0.5, 0.6) is 0 Å². The van der Waals surface area contributed by atoms with Crippen LogP contribution in [0.1, 0.15) is 20.3 Å². The van der Waals surface area contributed by atoms with Gasteiger partial charge in [-0.05, 0) is 18.6 Å². The predicted octanol–water partition coefficient (Wildman–Crippen LogP) is 2.59. The molecule has 0 fully saturated rings. The van der Waals surface area contributed by atoms with Crippen molar-refractivity contribution in [3.05, 3.63) is 42.5 Å². The van der Waals surface area contributed by atoms with E-state index in [4.69, 9.17) is 0 Å². The highest BCUT2D eigenvalue weighted by atomic mass is 16.3. The Morgan fingerprint density at radius 1 is 1.41 bits per heavy atom. The molecule has 0 saturated carbocycles. The summed E-state index contributed by atoms with van der Waals surface area (Å²) in [5.41, 5.74) is 1.56. The van der Waals surface area contributed by atoms with Crippen molar-refractivity contribution >= 4 is 11.6 Å². The molecule has 0 aliphatic heterocycles. The quantitative estimate of drug-likeness (QED) is 0.768. The molecule has 0 aliphatic rings. The summed E-state index contributed by atoms with van der Waals surface area (Å²) in [4.78, 5) is 11.8. The zero-order chi connectivity index (χ0) is 12.8. The lowest BCUT2D eigenvalue weighted by molar-refractivity contribution is -0.125. The number of para-hydroxylation sites is 1. The predicted molar refractivity (Wildman–Crippen MR) is 69.7 cm³/mol. The van der Waals surface area contributed by atoms with Gasteiger partial charge in [-0.2, -0.15) is 0 Å². The Bertz CT molecular complexity index is 386. The van der Waals surface area contributed by atoms with Crippen LogP contribution in [0, 0.1) is 5.92 Å². The molecule has 0 radical (unpaired) electrons. The second-order valence-corrected chi connectivity index (χ2v) is 4.10. The number of amides is 1. The number of hydrogen-bond acceptors (Lipinski definition) is 2. The van der Waals surface area contributed by atoms with E-state index in [1.54, 1.807) is 19.1 Å². The van der Waals surface area contributed by atoms with Crippen LogP contribution in [-0.4, -0.2) is 17.1 Å². The van der Waals surface area contributed by atoms with Crippen molar-refractivity contribution in [3.8, 4) is 0 Å². The molecule has 3 nitrogen and oxygen atoms in total. The highest BCUT2D eigenvalue weighted by Crippen LogP contribution is 2.17. The van der Waals surface area contributed by atoms with Crippen LogP contribution in [-0.2, 0) is 4.79 Å². The van der Waals surface area contributed by atoms with Crippen LogP contribution in [0.3, 0.4) is 0 Å². The van der Waals surface area contributed by atoms with Crippen LogP contribution in [0.15, 0.2) is 42.5 Å². The van der Waals surface area contributed by atoms with Gasteiger partial charge in [-0.15, -0.1) is 0 Å². The number of rotatable bonds is 5. The minimum Gasteiger partial charge on any atom is -0.383 e. The molecule has 1 amide bonds. The Morgan fingerprint density at radius 2 is 2.00 bits per heavy atom. The number of carbonyl (C=O) groups is 1. The average Bonchev–Trinajstić information content (AvgIpc) is 2.37. The first-order chi connectivity index (χ1) is 8.06. The molecule has 1 rings (SSSR count). The molecule has 0 spiro atoms. The topological polar surface area (TPSA) is 49.3 Å². The normalized spacial score (nSPS) is 13.8. The largest absolute Gasteiger partial charge is 0.383 e. The van der Waals surface area contributed by atoms with Gasteiger partial charge in [0.05, 0.1) is 0 Å². The zero-order valence-corrected chi connectivity index (χ0v) is 10.3. The van der Waals surface area contributed by atoms with E-state index in [0.29, 0.717) is 5.69 Å². The molecule has 1 aromatic rings. The molecule has 0 saturated heterocycles. The van der Waals surface area contributed by atoms with Crippen molar-refractivity contribution in [2.45, 2.75) is 26.4 Å². The number of benzene rings is 1. The van der Waals surface area contributed by atoms with E-state index in [1.807, 2.05) is 25.1 Å². The summed E-state index contributed by atoms with van der Waals surface area (Å²) in [6, 6.07) is 9.09. The summed E-state index contributed by atoms with van der Waals surface area (Å²) < 4.78 is 0. The van der Waals surface area contributed by atoms with Crippen molar-refractivity contribution in [3.63, 3.8) is 0 Å². The maximum Gasteiger partial charge on any atom is 0.253 e. The van der Waals surface area contributed by atoms with Gasteiger partial charge >= 0.3 is 0 Å². The van der Waals surface area contributed by atoms with E-state index >= 15 is 0 Å². The van der Waals surface area contributed by atoms with E-state index in [0.717, 1.165) is 12.0 Å². The minimum absolute atomic E-state index is 0.233. The first-order valence-corrected chi connectivity index (χ1v) is 5.78. The van der Waals surface area contributed by atoms with Crippen LogP contribution in [0.2, 0.25) is 0 Å². The summed E-state index contributed by atoms with van der Waals surface area (Å²) in [6.45, 7) is 7.61. The van der Waals surface area contributed by atoms with Gasteiger partial charge in [-0.25, -0.2) is 0 Å². The fraction of sp³-hybridized carbons (Fsp3) is 0.357. The number of aliphatic hydroxyl groups excluding tert-OH is 1. The fourth-order valence-electron chi connectivity index (χ4n) is 1.51. The van der Waals surface area contributed by atoms with Gasteiger partial charge in [0.15, 0.2) is 0 Å². The SMILES string of the molecule is C=C(CC)[C@@H](C)[C@H](O)C(=O)Nc1ccccc1. The molecule has 3 heteroatoms. The summed E-state index contributed by atoms with van der Waals surface area (Å²) in [5, 5.41) is 12.5. The number of aliphatic hydroxyl groups is 1. The van der Waals surface area contributed by atoms with Gasteiger partial charge in [0, 0.05) is 11.6 Å². The lowest BCUT2D eigenvalue weighted by atomic mass is 9.94. The maximum atomic E-state index is 11.8. The molecule has 1 aromatic carbocycles. The van der Waals surface area contributed by atoms with Crippen LogP contribution in [0.4, 0.5) is 5.69 Å². The highest BCUT2D eigenvalue weighted by molar-refractivity contribution is 5.94. The van der Waals surface area contributed by atoms with Gasteiger partial charge in [0.2, 0.25) is 0 Å². The second-order valence-electron chi connectivity index (χ2n) is 4.10. The van der Waals surface area contributed by atoms with E-state index in [1.165, 1.54) is 0 Å². The van der Waals surface area contributed by atoms with Gasteiger partial charge in [-0.1, -0.05) is 44.2 Å². The molecule has 92 valence electrons. The standard InChI is InChI=1S/C14H19NO2/c1-4-10(2)11(3)13(16)14(17)15-12-8-6-5-7-9-12/h5-9,11,13,16H,2,4H2,1,3H3,(H,15,17)/t11-,13+/m1/s1. The first kappa shape index (κ1) is 13.5. The monoisotopic (exact) mass is 233 g/mol. The van der Waals surface area contributed by atoms with Crippen molar-refractivity contribution in [1.29, 1.82) is 0 Å². The molecule has 17 heavy (non-hydrogen) atoms. The van der Waals surface area contributed by atoms with Crippen LogP contribution >= 0.6 is 0 Å². The van der Waals surface area contributed by atoms with E-state index < -0.39 is 12.0 Å². The smallest absolute Gasteiger partial charge is 0.253 e. The third-order valence-electron chi connectivity index (χ3n) is 2.88. The molecule has 0 unspecified atom stereocenters. The molecule has 0 aromatic heterocycles. The summed E-state index contributed by atoms with van der Waals surface area (Å²) in [5.74, 6) is -0.623. The van der Waals surface area contributed by atoms with Gasteiger partial charge in [0.1, 0.15) is 6.10 Å². The average molecular weight is 233 g/mol. The van der Waals surface area contributed by atoms with Crippen molar-refractivity contribution in [2.75, 3.05) is 5.32 Å². The Balaban J connectivity index is 2.62. The Hall–Kier alpha value is -1.61. The van der Waals surface area contributed by atoms with Gasteiger partial charge < -0.3 is 10.4 Å². The van der Waals surface area contributed by atoms with Gasteiger partial charge in [0.25, 0.3) is 5.91 Å². The fourth-order valence-corrected chi connectivity index (χ4v) is 1.51. The van der Waals surface area contributed by atoms with E-state index in [2.05, 4.69) is 11.9 Å². The highest BCUT2D eigenvalue weighted by Gasteiger charge is 2.23. The van der Waals surface area contributed by atoms with Crippen molar-refractivity contribution in [1.82, 2.24) is 0 Å². The Labute approximate surface area is 102 Å². The molecule has 2 N–H and O–H groups in total. The molecule has 2 atom stereocenters. The second kappa shape index (κ2) is 6.21. The molecular formula is C14H19NO2. The zero-order valence-electron chi connectivity index (χ0n) is 10.3. The molecule has 0 bridgehead atoms. The summed E-state index contributed by atoms with van der Waals surface area (Å²) in [6.07, 6.45) is -0.292. The molecular weight excluding hydrogens is 214 g/mol. The number of nitrogens with one attached hydrogen (secondary N) is 1. The summed E-state index contributed by atoms with van der Waals surface area (Å²) in [7, 11) is 0. The lowest BCUT2D eigenvalue weighted by Gasteiger charge is -2.19. The first-order valence-electron chi connectivity index (χ1n) is 5.78. The summed E-state index contributed by atoms with van der Waals surface area (Å²) >= 11 is 0. The number of carbonyl (C=O) groups excluding carboxylic acids is 1. The molecule has 0 aliphatic carbocycles. The van der Waals surface area contributed by atoms with E-state index in [9.17, 15) is 9.90 Å².